The Morgan fingerprint density at radius 2 is 2.35 bits per heavy atom. The minimum atomic E-state index is -0.468. The Hall–Kier alpha value is -1.40. The summed E-state index contributed by atoms with van der Waals surface area (Å²) in [6.45, 7) is 0. The highest BCUT2D eigenvalue weighted by atomic mass is 35.5. The van der Waals surface area contributed by atoms with Crippen LogP contribution in [0.1, 0.15) is 5.56 Å². The van der Waals surface area contributed by atoms with Gasteiger partial charge in [-0.05, 0) is 12.1 Å². The number of hydrogen-bond acceptors (Lipinski definition) is 4. The summed E-state index contributed by atoms with van der Waals surface area (Å²) in [7, 11) is 0. The van der Waals surface area contributed by atoms with Crippen molar-refractivity contribution in [2.75, 3.05) is 5.75 Å². The van der Waals surface area contributed by atoms with Gasteiger partial charge < -0.3 is 5.32 Å². The van der Waals surface area contributed by atoms with E-state index in [1.165, 1.54) is 30.1 Å². The van der Waals surface area contributed by atoms with Crippen molar-refractivity contribution in [1.82, 2.24) is 5.32 Å². The Bertz CT molecular complexity index is 498. The first-order valence-corrected chi connectivity index (χ1v) is 6.01. The van der Waals surface area contributed by atoms with E-state index in [-0.39, 0.29) is 16.5 Å². The Labute approximate surface area is 106 Å². The van der Waals surface area contributed by atoms with Gasteiger partial charge in [-0.3, -0.25) is 4.79 Å². The molecule has 0 unspecified atom stereocenters. The van der Waals surface area contributed by atoms with E-state index in [9.17, 15) is 9.18 Å². The number of thioether (sulfide) groups is 1. The fraction of sp³-hybridized carbons (Fsp3) is 0.100. The van der Waals surface area contributed by atoms with Gasteiger partial charge in [0.05, 0.1) is 17.0 Å². The summed E-state index contributed by atoms with van der Waals surface area (Å²) in [5.74, 6) is -0.258. The molecule has 1 heterocycles. The number of amides is 1. The highest BCUT2D eigenvalue weighted by Crippen LogP contribution is 2.16. The summed E-state index contributed by atoms with van der Waals surface area (Å²) in [6, 6.07) is 4.35. The lowest BCUT2D eigenvalue weighted by Crippen LogP contribution is -2.19. The van der Waals surface area contributed by atoms with E-state index in [0.29, 0.717) is 10.9 Å². The van der Waals surface area contributed by atoms with E-state index in [1.807, 2.05) is 0 Å². The van der Waals surface area contributed by atoms with Gasteiger partial charge in [-0.1, -0.05) is 29.4 Å². The van der Waals surface area contributed by atoms with Crippen molar-refractivity contribution in [3.63, 3.8) is 0 Å². The highest BCUT2D eigenvalue weighted by molar-refractivity contribution is 8.15. The highest BCUT2D eigenvalue weighted by Gasteiger charge is 2.15. The molecule has 0 aromatic heterocycles. The predicted molar refractivity (Wildman–Crippen MR) is 67.0 cm³/mol. The number of carbonyl (C=O) groups is 1. The van der Waals surface area contributed by atoms with Crippen LogP contribution >= 0.6 is 23.4 Å². The van der Waals surface area contributed by atoms with E-state index in [4.69, 9.17) is 11.6 Å². The van der Waals surface area contributed by atoms with Gasteiger partial charge in [0.1, 0.15) is 5.82 Å². The average molecular weight is 272 g/mol. The van der Waals surface area contributed by atoms with Crippen LogP contribution in [0.15, 0.2) is 28.4 Å². The molecule has 1 N–H and O–H groups in total. The van der Waals surface area contributed by atoms with Gasteiger partial charge in [0, 0.05) is 5.56 Å². The van der Waals surface area contributed by atoms with E-state index in [1.54, 1.807) is 6.07 Å². The monoisotopic (exact) mass is 271 g/mol. The summed E-state index contributed by atoms with van der Waals surface area (Å²) in [4.78, 5) is 10.8. The molecule has 2 rings (SSSR count). The second kappa shape index (κ2) is 5.29. The SMILES string of the molecule is O=C1CS/C(=N\N=C/c2c(F)cccc2Cl)N1. The van der Waals surface area contributed by atoms with Crippen LogP contribution in [0.5, 0.6) is 0 Å². The standard InChI is InChI=1S/C10H7ClFN3OS/c11-7-2-1-3-8(12)6(7)4-13-15-10-14-9(16)5-17-10/h1-4H,5H2,(H,14,15,16)/b13-4-. The number of halogens is 2. The summed E-state index contributed by atoms with van der Waals surface area (Å²) in [6.07, 6.45) is 1.22. The second-order valence-corrected chi connectivity index (χ2v) is 4.49. The average Bonchev–Trinajstić information content (AvgIpc) is 2.69. The van der Waals surface area contributed by atoms with Gasteiger partial charge in [0.15, 0.2) is 5.17 Å². The van der Waals surface area contributed by atoms with Gasteiger partial charge in [-0.2, -0.15) is 5.10 Å². The number of carbonyl (C=O) groups excluding carboxylic acids is 1. The summed E-state index contributed by atoms with van der Waals surface area (Å²) < 4.78 is 13.3. The molecule has 0 spiro atoms. The Morgan fingerprint density at radius 3 is 3.00 bits per heavy atom. The Kier molecular flexibility index (Phi) is 3.75. The van der Waals surface area contributed by atoms with Crippen LogP contribution in [0.3, 0.4) is 0 Å². The van der Waals surface area contributed by atoms with Crippen LogP contribution in [0.2, 0.25) is 5.02 Å². The molecule has 0 radical (unpaired) electrons. The number of amidine groups is 1. The molecule has 1 aromatic rings. The molecule has 1 saturated heterocycles. The number of nitrogens with zero attached hydrogens (tertiary/aromatic N) is 2. The zero-order chi connectivity index (χ0) is 12.3. The molecule has 1 fully saturated rings. The Morgan fingerprint density at radius 1 is 1.53 bits per heavy atom. The van der Waals surface area contributed by atoms with Gasteiger partial charge in [0.2, 0.25) is 5.91 Å². The number of benzene rings is 1. The summed E-state index contributed by atoms with van der Waals surface area (Å²) in [5, 5.41) is 10.6. The lowest BCUT2D eigenvalue weighted by atomic mass is 10.2. The Balaban J connectivity index is 2.13. The second-order valence-electron chi connectivity index (χ2n) is 3.12. The maximum Gasteiger partial charge on any atom is 0.236 e. The number of rotatable bonds is 2. The van der Waals surface area contributed by atoms with Gasteiger partial charge in [-0.25, -0.2) is 4.39 Å². The van der Waals surface area contributed by atoms with Gasteiger partial charge >= 0.3 is 0 Å². The third-order valence-corrected chi connectivity index (χ3v) is 3.11. The van der Waals surface area contributed by atoms with E-state index in [2.05, 4.69) is 15.5 Å². The molecule has 1 amide bonds. The maximum atomic E-state index is 13.3. The minimum Gasteiger partial charge on any atom is -0.303 e. The van der Waals surface area contributed by atoms with Crippen LogP contribution in [-0.4, -0.2) is 23.0 Å². The van der Waals surface area contributed by atoms with Crippen LogP contribution < -0.4 is 5.32 Å². The van der Waals surface area contributed by atoms with Crippen molar-refractivity contribution < 1.29 is 9.18 Å². The van der Waals surface area contributed by atoms with E-state index in [0.717, 1.165) is 0 Å². The topological polar surface area (TPSA) is 53.8 Å². The van der Waals surface area contributed by atoms with Crippen molar-refractivity contribution in [1.29, 1.82) is 0 Å². The fourth-order valence-electron chi connectivity index (χ4n) is 1.15. The van der Waals surface area contributed by atoms with Crippen LogP contribution in [0.25, 0.3) is 0 Å². The smallest absolute Gasteiger partial charge is 0.236 e. The molecule has 17 heavy (non-hydrogen) atoms. The maximum absolute atomic E-state index is 13.3. The van der Waals surface area contributed by atoms with Crippen molar-refractivity contribution in [2.45, 2.75) is 0 Å². The molecule has 0 aliphatic carbocycles. The number of nitrogens with one attached hydrogen (secondary N) is 1. The lowest BCUT2D eigenvalue weighted by Gasteiger charge is -1.97. The zero-order valence-corrected chi connectivity index (χ0v) is 10.1. The molecule has 1 aromatic carbocycles. The van der Waals surface area contributed by atoms with Crippen molar-refractivity contribution in [3.05, 3.63) is 34.6 Å². The fourth-order valence-corrected chi connectivity index (χ4v) is 1.99. The van der Waals surface area contributed by atoms with E-state index < -0.39 is 5.82 Å². The summed E-state index contributed by atoms with van der Waals surface area (Å²) >= 11 is 7.04. The molecular formula is C10H7ClFN3OS. The molecule has 88 valence electrons. The van der Waals surface area contributed by atoms with Crippen molar-refractivity contribution in [3.8, 4) is 0 Å². The lowest BCUT2D eigenvalue weighted by molar-refractivity contribution is -0.116. The largest absolute Gasteiger partial charge is 0.303 e. The minimum absolute atomic E-state index is 0.118. The predicted octanol–water partition coefficient (Wildman–Crippen LogP) is 2.03. The van der Waals surface area contributed by atoms with Crippen LogP contribution in [0.4, 0.5) is 4.39 Å². The molecule has 4 nitrogen and oxygen atoms in total. The molecule has 7 heteroatoms. The van der Waals surface area contributed by atoms with Crippen LogP contribution in [-0.2, 0) is 4.79 Å². The molecule has 0 atom stereocenters. The molecular weight excluding hydrogens is 265 g/mol. The number of hydrogen-bond donors (Lipinski definition) is 1. The third kappa shape index (κ3) is 3.04. The first-order chi connectivity index (χ1) is 8.16. The van der Waals surface area contributed by atoms with Crippen molar-refractivity contribution in [2.24, 2.45) is 10.2 Å². The van der Waals surface area contributed by atoms with E-state index >= 15 is 0 Å². The van der Waals surface area contributed by atoms with Crippen LogP contribution in [0, 0.1) is 5.82 Å². The first kappa shape index (κ1) is 12.1. The molecule has 0 bridgehead atoms. The molecule has 1 aliphatic rings. The van der Waals surface area contributed by atoms with Gasteiger partial charge in [-0.15, -0.1) is 5.10 Å². The third-order valence-electron chi connectivity index (χ3n) is 1.92. The first-order valence-electron chi connectivity index (χ1n) is 4.64. The molecule has 1 aliphatic heterocycles. The molecule has 0 saturated carbocycles. The normalized spacial score (nSPS) is 18.0. The van der Waals surface area contributed by atoms with Crippen molar-refractivity contribution >= 4 is 40.7 Å². The summed E-state index contributed by atoms with van der Waals surface area (Å²) in [5.41, 5.74) is 0.174. The van der Waals surface area contributed by atoms with Gasteiger partial charge in [0.25, 0.3) is 0 Å². The zero-order valence-electron chi connectivity index (χ0n) is 8.48. The quantitative estimate of drug-likeness (QED) is 0.661.